The topological polar surface area (TPSA) is 88.1 Å². The van der Waals surface area contributed by atoms with E-state index in [1.54, 1.807) is 18.2 Å². The molecule has 1 saturated heterocycles. The van der Waals surface area contributed by atoms with E-state index < -0.39 is 12.0 Å². The number of aliphatic carboxylic acids is 1. The first kappa shape index (κ1) is 15.4. The number of halogens is 1. The summed E-state index contributed by atoms with van der Waals surface area (Å²) in [5, 5.41) is 12.2. The number of hydrogen-bond donors (Lipinski definition) is 2. The summed E-state index contributed by atoms with van der Waals surface area (Å²) in [4.78, 5) is 25.0. The second-order valence-electron chi connectivity index (χ2n) is 4.62. The van der Waals surface area contributed by atoms with Gasteiger partial charge in [0.25, 0.3) is 5.91 Å². The number of carboxylic acid groups (broad SMARTS) is 1. The molecule has 2 N–H and O–H groups in total. The number of carbonyl (C=O) groups excluding carboxylic acids is 1. The predicted octanol–water partition coefficient (Wildman–Crippen LogP) is 0.336. The smallest absolute Gasteiger partial charge is 0.327 e. The van der Waals surface area contributed by atoms with E-state index in [0.29, 0.717) is 30.2 Å². The fourth-order valence-electron chi connectivity index (χ4n) is 2.36. The number of rotatable bonds is 2. The monoisotopic (exact) mass is 314 g/mol. The van der Waals surface area contributed by atoms with Crippen LogP contribution in [0.3, 0.4) is 0 Å². The molecule has 1 unspecified atom stereocenters. The first-order chi connectivity index (χ1) is 9.66. The molecule has 1 aromatic rings. The van der Waals surface area contributed by atoms with E-state index in [1.807, 2.05) is 0 Å². The molecular weight excluding hydrogens is 300 g/mol. The Morgan fingerprint density at radius 1 is 1.29 bits per heavy atom. The Balaban J connectivity index is 0.00000161. The number of hydrogen-bond acceptors (Lipinski definition) is 5. The highest BCUT2D eigenvalue weighted by atomic mass is 35.5. The minimum atomic E-state index is -1.01. The SMILES string of the molecule is Cl.O=C(O)C1CNCCN1C(=O)c1ccc2c(c1)OCO2. The van der Waals surface area contributed by atoms with E-state index in [1.165, 1.54) is 4.90 Å². The third-order valence-corrected chi connectivity index (χ3v) is 3.41. The number of carbonyl (C=O) groups is 2. The fraction of sp³-hybridized carbons (Fsp3) is 0.385. The van der Waals surface area contributed by atoms with E-state index in [9.17, 15) is 14.7 Å². The molecule has 1 amide bonds. The predicted molar refractivity (Wildman–Crippen MR) is 75.1 cm³/mol. The van der Waals surface area contributed by atoms with Gasteiger partial charge in [-0.2, -0.15) is 0 Å². The maximum absolute atomic E-state index is 12.5. The van der Waals surface area contributed by atoms with E-state index in [0.717, 1.165) is 0 Å². The Hall–Kier alpha value is -1.99. The zero-order valence-electron chi connectivity index (χ0n) is 11.1. The Labute approximate surface area is 127 Å². The summed E-state index contributed by atoms with van der Waals surface area (Å²) >= 11 is 0. The lowest BCUT2D eigenvalue weighted by molar-refractivity contribution is -0.142. The second kappa shape index (κ2) is 6.19. The highest BCUT2D eigenvalue weighted by Crippen LogP contribution is 2.33. The fourth-order valence-corrected chi connectivity index (χ4v) is 2.36. The van der Waals surface area contributed by atoms with Crippen molar-refractivity contribution in [1.29, 1.82) is 0 Å². The first-order valence-electron chi connectivity index (χ1n) is 6.31. The standard InChI is InChI=1S/C13H14N2O5.ClH/c16-12(15-4-3-14-6-9(15)13(17)18)8-1-2-10-11(5-8)20-7-19-10;/h1-2,5,9,14H,3-4,6-7H2,(H,17,18);1H. The Kier molecular flexibility index (Phi) is 4.54. The van der Waals surface area contributed by atoms with Gasteiger partial charge in [0.15, 0.2) is 11.5 Å². The molecule has 0 spiro atoms. The third-order valence-electron chi connectivity index (χ3n) is 3.41. The molecule has 1 atom stereocenters. The zero-order chi connectivity index (χ0) is 14.1. The van der Waals surface area contributed by atoms with Crippen molar-refractivity contribution in [2.75, 3.05) is 26.4 Å². The summed E-state index contributed by atoms with van der Waals surface area (Å²) in [6, 6.07) is 4.03. The number of ether oxygens (including phenoxy) is 2. The number of amides is 1. The Morgan fingerprint density at radius 3 is 2.81 bits per heavy atom. The molecule has 21 heavy (non-hydrogen) atoms. The van der Waals surface area contributed by atoms with Gasteiger partial charge in [-0.25, -0.2) is 4.79 Å². The van der Waals surface area contributed by atoms with Crippen LogP contribution in [0.25, 0.3) is 0 Å². The van der Waals surface area contributed by atoms with E-state index in [4.69, 9.17) is 9.47 Å². The zero-order valence-corrected chi connectivity index (χ0v) is 11.9. The van der Waals surface area contributed by atoms with Gasteiger partial charge in [0.1, 0.15) is 6.04 Å². The normalized spacial score (nSPS) is 19.8. The number of nitrogens with one attached hydrogen (secondary N) is 1. The first-order valence-corrected chi connectivity index (χ1v) is 6.31. The lowest BCUT2D eigenvalue weighted by Gasteiger charge is -2.33. The Bertz CT molecular complexity index is 565. The Morgan fingerprint density at radius 2 is 2.05 bits per heavy atom. The van der Waals surface area contributed by atoms with Gasteiger partial charge in [-0.3, -0.25) is 4.79 Å². The molecule has 0 bridgehead atoms. The summed E-state index contributed by atoms with van der Waals surface area (Å²) in [5.41, 5.74) is 0.405. The minimum Gasteiger partial charge on any atom is -0.480 e. The van der Waals surface area contributed by atoms with Crippen LogP contribution in [0, 0.1) is 0 Å². The lowest BCUT2D eigenvalue weighted by atomic mass is 10.1. The minimum absolute atomic E-state index is 0. The van der Waals surface area contributed by atoms with Crippen molar-refractivity contribution in [2.24, 2.45) is 0 Å². The number of benzene rings is 1. The summed E-state index contributed by atoms with van der Waals surface area (Å²) in [6.45, 7) is 1.34. The molecule has 2 aliphatic heterocycles. The number of fused-ring (bicyclic) bond motifs is 1. The van der Waals surface area contributed by atoms with E-state index >= 15 is 0 Å². The maximum Gasteiger partial charge on any atom is 0.327 e. The van der Waals surface area contributed by atoms with Gasteiger partial charge >= 0.3 is 5.97 Å². The quantitative estimate of drug-likeness (QED) is 0.818. The van der Waals surface area contributed by atoms with Crippen LogP contribution in [-0.2, 0) is 4.79 Å². The molecule has 0 aliphatic carbocycles. The van der Waals surface area contributed by atoms with Crippen LogP contribution < -0.4 is 14.8 Å². The highest BCUT2D eigenvalue weighted by molar-refractivity contribution is 5.97. The number of carboxylic acids is 1. The molecule has 3 rings (SSSR count). The van der Waals surface area contributed by atoms with Crippen molar-refractivity contribution in [1.82, 2.24) is 10.2 Å². The molecule has 1 fully saturated rings. The molecule has 1 aromatic carbocycles. The molecular formula is C13H15ClN2O5. The van der Waals surface area contributed by atoms with Crippen molar-refractivity contribution in [3.05, 3.63) is 23.8 Å². The summed E-state index contributed by atoms with van der Waals surface area (Å²) in [6.07, 6.45) is 0. The average Bonchev–Trinajstić information content (AvgIpc) is 2.93. The van der Waals surface area contributed by atoms with Crippen molar-refractivity contribution in [3.8, 4) is 11.5 Å². The van der Waals surface area contributed by atoms with Gasteiger partial charge in [-0.1, -0.05) is 0 Å². The van der Waals surface area contributed by atoms with E-state index in [2.05, 4.69) is 5.32 Å². The number of nitrogens with zero attached hydrogens (tertiary/aromatic N) is 1. The molecule has 0 saturated carbocycles. The van der Waals surface area contributed by atoms with Crippen LogP contribution in [0.5, 0.6) is 11.5 Å². The van der Waals surface area contributed by atoms with Gasteiger partial charge in [0.2, 0.25) is 6.79 Å². The van der Waals surface area contributed by atoms with Crippen molar-refractivity contribution >= 4 is 24.3 Å². The van der Waals surface area contributed by atoms with Crippen LogP contribution >= 0.6 is 12.4 Å². The largest absolute Gasteiger partial charge is 0.480 e. The van der Waals surface area contributed by atoms with Crippen LogP contribution in [0.1, 0.15) is 10.4 Å². The van der Waals surface area contributed by atoms with Crippen LogP contribution in [0.4, 0.5) is 0 Å². The molecule has 0 aromatic heterocycles. The van der Waals surface area contributed by atoms with E-state index in [-0.39, 0.29) is 31.7 Å². The highest BCUT2D eigenvalue weighted by Gasteiger charge is 2.32. The maximum atomic E-state index is 12.5. The van der Waals surface area contributed by atoms with Crippen molar-refractivity contribution in [2.45, 2.75) is 6.04 Å². The third kappa shape index (κ3) is 2.88. The molecule has 114 valence electrons. The molecule has 0 radical (unpaired) electrons. The van der Waals surface area contributed by atoms with Crippen molar-refractivity contribution in [3.63, 3.8) is 0 Å². The number of piperazine rings is 1. The van der Waals surface area contributed by atoms with Gasteiger partial charge in [0.05, 0.1) is 0 Å². The van der Waals surface area contributed by atoms with Crippen LogP contribution in [0.15, 0.2) is 18.2 Å². The molecule has 7 nitrogen and oxygen atoms in total. The molecule has 2 aliphatic rings. The van der Waals surface area contributed by atoms with Crippen LogP contribution in [0.2, 0.25) is 0 Å². The summed E-state index contributed by atoms with van der Waals surface area (Å²) in [5.74, 6) is -0.210. The molecule has 2 heterocycles. The molecule has 8 heteroatoms. The summed E-state index contributed by atoms with van der Waals surface area (Å²) < 4.78 is 10.4. The second-order valence-corrected chi connectivity index (χ2v) is 4.62. The van der Waals surface area contributed by atoms with Gasteiger partial charge in [-0.05, 0) is 18.2 Å². The van der Waals surface area contributed by atoms with Gasteiger partial charge < -0.3 is 24.8 Å². The van der Waals surface area contributed by atoms with Crippen molar-refractivity contribution < 1.29 is 24.2 Å². The van der Waals surface area contributed by atoms with Gasteiger partial charge in [0, 0.05) is 25.2 Å². The average molecular weight is 315 g/mol. The lowest BCUT2D eigenvalue weighted by Crippen LogP contribution is -2.56. The summed E-state index contributed by atoms with van der Waals surface area (Å²) in [7, 11) is 0. The van der Waals surface area contributed by atoms with Gasteiger partial charge in [-0.15, -0.1) is 12.4 Å². The van der Waals surface area contributed by atoms with Crippen LogP contribution in [-0.4, -0.2) is 54.4 Å².